The van der Waals surface area contributed by atoms with Crippen molar-refractivity contribution in [2.75, 3.05) is 13.2 Å². The molecule has 1 aliphatic rings. The maximum absolute atomic E-state index is 13.5. The molecule has 0 fully saturated rings. The molecule has 1 aromatic heterocycles. The second-order valence-corrected chi connectivity index (χ2v) is 8.90. The molecule has 2 atom stereocenters. The lowest BCUT2D eigenvalue weighted by Gasteiger charge is -2.30. The number of nitrogens with one attached hydrogen (secondary N) is 1. The standard InChI is InChI=1S/C29H28F2N4O3/c1-19(32)11-15-38-27-10-13-33-26-9-7-20(16-23(26)27)4-2-12-34-28(36)22-5-3-14-35(29(22)37)18-21-6-8-24(30)25(31)17-21/h3,5-10,13-14,16-17,19,29,37H,11-12,15,18,32H2,1H3,(H,34,36). The summed E-state index contributed by atoms with van der Waals surface area (Å²) in [6, 6.07) is 10.9. The van der Waals surface area contributed by atoms with Crippen LogP contribution in [0.5, 0.6) is 5.75 Å². The van der Waals surface area contributed by atoms with Crippen molar-refractivity contribution in [1.29, 1.82) is 0 Å². The predicted octanol–water partition coefficient (Wildman–Crippen LogP) is 3.37. The number of hydrogen-bond donors (Lipinski definition) is 3. The van der Waals surface area contributed by atoms with Gasteiger partial charge in [-0.05, 0) is 67.5 Å². The van der Waals surface area contributed by atoms with Gasteiger partial charge in [-0.3, -0.25) is 9.78 Å². The predicted molar refractivity (Wildman–Crippen MR) is 141 cm³/mol. The van der Waals surface area contributed by atoms with Gasteiger partial charge in [0.1, 0.15) is 5.75 Å². The first-order chi connectivity index (χ1) is 18.3. The van der Waals surface area contributed by atoms with Crippen LogP contribution in [0.1, 0.15) is 24.5 Å². The third-order valence-electron chi connectivity index (χ3n) is 5.86. The summed E-state index contributed by atoms with van der Waals surface area (Å²) in [6.45, 7) is 2.56. The summed E-state index contributed by atoms with van der Waals surface area (Å²) in [5, 5.41) is 14.2. The molecule has 4 N–H and O–H groups in total. The number of nitrogens with zero attached hydrogens (tertiary/aromatic N) is 2. The summed E-state index contributed by atoms with van der Waals surface area (Å²) >= 11 is 0. The van der Waals surface area contributed by atoms with Gasteiger partial charge in [0.25, 0.3) is 5.91 Å². The largest absolute Gasteiger partial charge is 0.493 e. The van der Waals surface area contributed by atoms with Crippen LogP contribution in [0.4, 0.5) is 8.78 Å². The van der Waals surface area contributed by atoms with Crippen LogP contribution in [-0.4, -0.2) is 46.3 Å². The Morgan fingerprint density at radius 3 is 2.87 bits per heavy atom. The number of carbonyl (C=O) groups excluding carboxylic acids is 1. The highest BCUT2D eigenvalue weighted by atomic mass is 19.2. The molecule has 2 aromatic carbocycles. The van der Waals surface area contributed by atoms with E-state index in [1.807, 2.05) is 25.1 Å². The minimum atomic E-state index is -1.25. The van der Waals surface area contributed by atoms with Crippen LogP contribution in [0.15, 0.2) is 72.6 Å². The van der Waals surface area contributed by atoms with Gasteiger partial charge in [-0.2, -0.15) is 0 Å². The molecule has 0 bridgehead atoms. The van der Waals surface area contributed by atoms with Crippen LogP contribution in [0.3, 0.4) is 0 Å². The van der Waals surface area contributed by atoms with Crippen molar-refractivity contribution in [3.05, 3.63) is 95.3 Å². The monoisotopic (exact) mass is 518 g/mol. The molecule has 0 radical (unpaired) electrons. The van der Waals surface area contributed by atoms with E-state index in [1.54, 1.807) is 24.5 Å². The second kappa shape index (κ2) is 12.3. The van der Waals surface area contributed by atoms with Crippen LogP contribution in [0.2, 0.25) is 0 Å². The van der Waals surface area contributed by atoms with Crippen molar-refractivity contribution in [2.24, 2.45) is 5.73 Å². The number of aliphatic hydroxyl groups is 1. The number of aliphatic hydroxyl groups excluding tert-OH is 1. The highest BCUT2D eigenvalue weighted by Crippen LogP contribution is 2.25. The first kappa shape index (κ1) is 26.8. The zero-order chi connectivity index (χ0) is 27.1. The molecule has 7 nitrogen and oxygen atoms in total. The summed E-state index contributed by atoms with van der Waals surface area (Å²) in [6.07, 6.45) is 5.84. The molecule has 38 heavy (non-hydrogen) atoms. The number of aromatic nitrogens is 1. The normalized spacial score (nSPS) is 15.4. The highest BCUT2D eigenvalue weighted by molar-refractivity contribution is 5.95. The molecule has 4 rings (SSSR count). The Labute approximate surface area is 219 Å². The van der Waals surface area contributed by atoms with Crippen molar-refractivity contribution in [1.82, 2.24) is 15.2 Å². The molecule has 0 aliphatic carbocycles. The molecule has 0 saturated heterocycles. The highest BCUT2D eigenvalue weighted by Gasteiger charge is 2.25. The van der Waals surface area contributed by atoms with Gasteiger partial charge in [0, 0.05) is 35.9 Å². The van der Waals surface area contributed by atoms with Crippen LogP contribution < -0.4 is 15.8 Å². The van der Waals surface area contributed by atoms with E-state index in [0.717, 1.165) is 35.0 Å². The molecule has 0 spiro atoms. The number of nitrogens with two attached hydrogens (primary N) is 1. The number of amides is 1. The number of halogens is 2. The van der Waals surface area contributed by atoms with Gasteiger partial charge < -0.3 is 25.8 Å². The Morgan fingerprint density at radius 2 is 2.08 bits per heavy atom. The quantitative estimate of drug-likeness (QED) is 0.396. The van der Waals surface area contributed by atoms with Gasteiger partial charge in [0.05, 0.1) is 24.2 Å². The number of rotatable bonds is 8. The molecule has 0 saturated carbocycles. The van der Waals surface area contributed by atoms with E-state index in [4.69, 9.17) is 10.5 Å². The fourth-order valence-electron chi connectivity index (χ4n) is 3.84. The van der Waals surface area contributed by atoms with E-state index >= 15 is 0 Å². The number of hydrogen-bond acceptors (Lipinski definition) is 6. The number of benzene rings is 2. The van der Waals surface area contributed by atoms with Gasteiger partial charge in [0.2, 0.25) is 0 Å². The summed E-state index contributed by atoms with van der Waals surface area (Å²) in [4.78, 5) is 18.5. The minimum absolute atomic E-state index is 0.0451. The van der Waals surface area contributed by atoms with Gasteiger partial charge in [-0.1, -0.05) is 17.9 Å². The first-order valence-corrected chi connectivity index (χ1v) is 12.1. The lowest BCUT2D eigenvalue weighted by atomic mass is 10.1. The zero-order valence-electron chi connectivity index (χ0n) is 20.8. The van der Waals surface area contributed by atoms with Crippen LogP contribution in [0, 0.1) is 23.5 Å². The van der Waals surface area contributed by atoms with Gasteiger partial charge in [0.15, 0.2) is 17.9 Å². The minimum Gasteiger partial charge on any atom is -0.493 e. The Balaban J connectivity index is 1.36. The number of carbonyl (C=O) groups is 1. The van der Waals surface area contributed by atoms with Gasteiger partial charge >= 0.3 is 0 Å². The van der Waals surface area contributed by atoms with E-state index in [1.165, 1.54) is 17.0 Å². The number of ether oxygens (including phenoxy) is 1. The van der Waals surface area contributed by atoms with E-state index in [9.17, 15) is 18.7 Å². The molecule has 2 heterocycles. The lowest BCUT2D eigenvalue weighted by molar-refractivity contribution is -0.119. The smallest absolute Gasteiger partial charge is 0.252 e. The Bertz CT molecular complexity index is 1440. The Hall–Kier alpha value is -4.26. The Morgan fingerprint density at radius 1 is 1.24 bits per heavy atom. The molecule has 1 amide bonds. The van der Waals surface area contributed by atoms with E-state index < -0.39 is 23.8 Å². The number of allylic oxidation sites excluding steroid dienone is 2. The number of fused-ring (bicyclic) bond motifs is 1. The molecule has 9 heteroatoms. The third-order valence-corrected chi connectivity index (χ3v) is 5.86. The van der Waals surface area contributed by atoms with Gasteiger partial charge in [-0.15, -0.1) is 0 Å². The zero-order valence-corrected chi connectivity index (χ0v) is 20.8. The van der Waals surface area contributed by atoms with Crippen molar-refractivity contribution in [3.8, 4) is 17.6 Å². The maximum Gasteiger partial charge on any atom is 0.252 e. The summed E-state index contributed by atoms with van der Waals surface area (Å²) in [5.41, 5.74) is 7.87. The summed E-state index contributed by atoms with van der Waals surface area (Å²) in [7, 11) is 0. The second-order valence-electron chi connectivity index (χ2n) is 8.90. The van der Waals surface area contributed by atoms with Gasteiger partial charge in [-0.25, -0.2) is 8.78 Å². The topological polar surface area (TPSA) is 101 Å². The molecular weight excluding hydrogens is 490 g/mol. The summed E-state index contributed by atoms with van der Waals surface area (Å²) in [5.74, 6) is 4.22. The Kier molecular flexibility index (Phi) is 8.69. The van der Waals surface area contributed by atoms with Crippen LogP contribution in [0.25, 0.3) is 10.9 Å². The van der Waals surface area contributed by atoms with E-state index in [-0.39, 0.29) is 24.7 Å². The van der Waals surface area contributed by atoms with Crippen molar-refractivity contribution in [2.45, 2.75) is 32.2 Å². The molecule has 2 unspecified atom stereocenters. The van der Waals surface area contributed by atoms with Crippen molar-refractivity contribution < 1.29 is 23.4 Å². The van der Waals surface area contributed by atoms with E-state index in [2.05, 4.69) is 22.1 Å². The fourth-order valence-corrected chi connectivity index (χ4v) is 3.84. The van der Waals surface area contributed by atoms with Crippen LogP contribution in [-0.2, 0) is 11.3 Å². The SMILES string of the molecule is CC(N)CCOc1ccnc2ccc(C#CCNC(=O)C3=CC=CN(Cc4ccc(F)c(F)c4)C3O)cc12. The average Bonchev–Trinajstić information content (AvgIpc) is 2.90. The molecule has 1 aliphatic heterocycles. The fraction of sp³-hybridized carbons (Fsp3) is 0.241. The first-order valence-electron chi connectivity index (χ1n) is 12.1. The lowest BCUT2D eigenvalue weighted by Crippen LogP contribution is -2.40. The average molecular weight is 519 g/mol. The van der Waals surface area contributed by atoms with Crippen molar-refractivity contribution in [3.63, 3.8) is 0 Å². The van der Waals surface area contributed by atoms with Crippen LogP contribution >= 0.6 is 0 Å². The van der Waals surface area contributed by atoms with Crippen molar-refractivity contribution >= 4 is 16.8 Å². The van der Waals surface area contributed by atoms with E-state index in [0.29, 0.717) is 17.9 Å². The number of pyridine rings is 1. The molecule has 196 valence electrons. The third kappa shape index (κ3) is 6.73. The molecular formula is C29H28F2N4O3. The molecule has 3 aromatic rings. The summed E-state index contributed by atoms with van der Waals surface area (Å²) < 4.78 is 32.6. The maximum atomic E-state index is 13.5.